The number of nitrogens with one attached hydrogen (secondary N) is 1. The molecule has 0 atom stereocenters. The molecule has 4 aromatic rings. The number of anilines is 1. The first-order valence-electron chi connectivity index (χ1n) is 10.8. The molecule has 5 rings (SSSR count). The third-order valence-electron chi connectivity index (χ3n) is 5.66. The maximum absolute atomic E-state index is 13.4. The molecule has 1 aliphatic rings. The van der Waals surface area contributed by atoms with Gasteiger partial charge >= 0.3 is 5.97 Å². The van der Waals surface area contributed by atoms with Crippen molar-refractivity contribution in [3.63, 3.8) is 0 Å². The smallest absolute Gasteiger partial charge is 0.373 e. The van der Waals surface area contributed by atoms with Crippen LogP contribution in [0.3, 0.4) is 0 Å². The lowest BCUT2D eigenvalue weighted by atomic mass is 10.1. The summed E-state index contributed by atoms with van der Waals surface area (Å²) in [6, 6.07) is 18.0. The summed E-state index contributed by atoms with van der Waals surface area (Å²) in [5.41, 5.74) is 2.03. The van der Waals surface area contributed by atoms with Gasteiger partial charge in [0.1, 0.15) is 11.3 Å². The van der Waals surface area contributed by atoms with Crippen LogP contribution in [-0.2, 0) is 20.9 Å². The van der Waals surface area contributed by atoms with Crippen LogP contribution in [0.4, 0.5) is 5.69 Å². The number of halogens is 1. The van der Waals surface area contributed by atoms with E-state index < -0.39 is 17.8 Å². The number of aromatic nitrogens is 1. The summed E-state index contributed by atoms with van der Waals surface area (Å²) < 4.78 is 13.0. The highest BCUT2D eigenvalue weighted by atomic mass is 79.9. The standard InChI is InChI=1S/C26H18BrN3O5S/c1-34-25(33)22-10-9-18(35-22)14-29-13-15(19-7-2-3-8-21(19)29)11-20-23(31)28-26(36)30(24(20)32)17-6-4-5-16(27)12-17/h2-13H,14H2,1H3,(H,28,31,36)/b20-11+. The highest BCUT2D eigenvalue weighted by Crippen LogP contribution is 2.28. The zero-order chi connectivity index (χ0) is 25.4. The molecule has 180 valence electrons. The first-order chi connectivity index (χ1) is 17.4. The Kier molecular flexibility index (Phi) is 6.29. The van der Waals surface area contributed by atoms with E-state index in [4.69, 9.17) is 21.4 Å². The average molecular weight is 564 g/mol. The van der Waals surface area contributed by atoms with E-state index in [-0.39, 0.29) is 16.4 Å². The van der Waals surface area contributed by atoms with Crippen LogP contribution >= 0.6 is 28.1 Å². The quantitative estimate of drug-likeness (QED) is 0.164. The van der Waals surface area contributed by atoms with Crippen molar-refractivity contribution in [1.82, 2.24) is 9.88 Å². The van der Waals surface area contributed by atoms with E-state index in [9.17, 15) is 14.4 Å². The number of amides is 2. The molecule has 0 aliphatic carbocycles. The van der Waals surface area contributed by atoms with Crippen molar-refractivity contribution in [2.45, 2.75) is 6.54 Å². The molecule has 3 heterocycles. The van der Waals surface area contributed by atoms with Gasteiger partial charge in [-0.2, -0.15) is 0 Å². The van der Waals surface area contributed by atoms with Crippen LogP contribution in [0.15, 0.2) is 81.3 Å². The number of furan rings is 1. The summed E-state index contributed by atoms with van der Waals surface area (Å²) >= 11 is 8.69. The van der Waals surface area contributed by atoms with E-state index in [1.807, 2.05) is 41.1 Å². The molecule has 0 spiro atoms. The number of ether oxygens (including phenoxy) is 1. The van der Waals surface area contributed by atoms with Crippen molar-refractivity contribution in [3.8, 4) is 0 Å². The van der Waals surface area contributed by atoms with Crippen molar-refractivity contribution in [2.75, 3.05) is 12.0 Å². The second-order valence-electron chi connectivity index (χ2n) is 7.92. The second-order valence-corrected chi connectivity index (χ2v) is 9.23. The number of carbonyl (C=O) groups is 3. The Morgan fingerprint density at radius 1 is 1.14 bits per heavy atom. The molecule has 1 aliphatic heterocycles. The lowest BCUT2D eigenvalue weighted by Gasteiger charge is -2.29. The molecule has 8 nitrogen and oxygen atoms in total. The molecule has 0 radical (unpaired) electrons. The van der Waals surface area contributed by atoms with E-state index in [0.29, 0.717) is 23.6 Å². The normalized spacial score (nSPS) is 15.0. The van der Waals surface area contributed by atoms with Crippen LogP contribution in [0.25, 0.3) is 17.0 Å². The minimum atomic E-state index is -0.568. The van der Waals surface area contributed by atoms with Crippen molar-refractivity contribution in [1.29, 1.82) is 0 Å². The summed E-state index contributed by atoms with van der Waals surface area (Å²) in [5, 5.41) is 3.47. The van der Waals surface area contributed by atoms with Gasteiger partial charge < -0.3 is 13.7 Å². The fourth-order valence-corrected chi connectivity index (χ4v) is 4.69. The molecule has 1 saturated heterocycles. The molecule has 2 aromatic carbocycles. The number of fused-ring (bicyclic) bond motifs is 1. The molecule has 1 fully saturated rings. The Hall–Kier alpha value is -4.02. The largest absolute Gasteiger partial charge is 0.463 e. The molecule has 2 aromatic heterocycles. The van der Waals surface area contributed by atoms with Gasteiger partial charge in [0.2, 0.25) is 5.76 Å². The van der Waals surface area contributed by atoms with Crippen molar-refractivity contribution in [3.05, 3.63) is 94.0 Å². The van der Waals surface area contributed by atoms with Crippen molar-refractivity contribution >= 4 is 73.7 Å². The van der Waals surface area contributed by atoms with Gasteiger partial charge in [-0.15, -0.1) is 0 Å². The molecular formula is C26H18BrN3O5S. The highest BCUT2D eigenvalue weighted by molar-refractivity contribution is 9.10. The first kappa shape index (κ1) is 23.7. The second kappa shape index (κ2) is 9.56. The average Bonchev–Trinajstić information content (AvgIpc) is 3.46. The fourth-order valence-electron chi connectivity index (χ4n) is 4.02. The number of hydrogen-bond donors (Lipinski definition) is 1. The maximum Gasteiger partial charge on any atom is 0.373 e. The number of methoxy groups -OCH3 is 1. The summed E-state index contributed by atoms with van der Waals surface area (Å²) in [4.78, 5) is 39.3. The van der Waals surface area contributed by atoms with Crippen LogP contribution < -0.4 is 10.2 Å². The van der Waals surface area contributed by atoms with Gasteiger partial charge in [0.05, 0.1) is 19.3 Å². The van der Waals surface area contributed by atoms with Gasteiger partial charge in [-0.05, 0) is 54.7 Å². The summed E-state index contributed by atoms with van der Waals surface area (Å²) in [5.74, 6) is -0.986. The summed E-state index contributed by atoms with van der Waals surface area (Å²) in [7, 11) is 1.29. The Labute approximate surface area is 219 Å². The number of hydrogen-bond acceptors (Lipinski definition) is 6. The number of thiocarbonyl (C=S) groups is 1. The predicted octanol–water partition coefficient (Wildman–Crippen LogP) is 4.66. The van der Waals surface area contributed by atoms with Gasteiger partial charge in [-0.3, -0.25) is 19.8 Å². The Bertz CT molecular complexity index is 1590. The Balaban J connectivity index is 1.53. The molecule has 0 saturated carbocycles. The maximum atomic E-state index is 13.4. The molecular weight excluding hydrogens is 546 g/mol. The number of carbonyl (C=O) groups excluding carboxylic acids is 3. The monoisotopic (exact) mass is 563 g/mol. The molecule has 2 amide bonds. The highest BCUT2D eigenvalue weighted by Gasteiger charge is 2.34. The summed E-state index contributed by atoms with van der Waals surface area (Å²) in [6.07, 6.45) is 3.39. The lowest BCUT2D eigenvalue weighted by Crippen LogP contribution is -2.54. The van der Waals surface area contributed by atoms with Crippen LogP contribution in [0.1, 0.15) is 21.9 Å². The van der Waals surface area contributed by atoms with Crippen molar-refractivity contribution < 1.29 is 23.5 Å². The molecule has 10 heteroatoms. The molecule has 0 unspecified atom stereocenters. The minimum absolute atomic E-state index is 0.0157. The van der Waals surface area contributed by atoms with Crippen LogP contribution in [0.2, 0.25) is 0 Å². The van der Waals surface area contributed by atoms with Gasteiger partial charge in [0.15, 0.2) is 5.11 Å². The number of esters is 1. The third-order valence-corrected chi connectivity index (χ3v) is 6.44. The first-order valence-corrected chi connectivity index (χ1v) is 12.0. The zero-order valence-electron chi connectivity index (χ0n) is 18.9. The predicted molar refractivity (Wildman–Crippen MR) is 141 cm³/mol. The number of para-hydroxylation sites is 1. The SMILES string of the molecule is COC(=O)c1ccc(Cn2cc(/C=C3\C(=O)NC(=S)N(c4cccc(Br)c4)C3=O)c3ccccc32)o1. The summed E-state index contributed by atoms with van der Waals surface area (Å²) in [6.45, 7) is 0.328. The van der Waals surface area contributed by atoms with E-state index in [0.717, 1.165) is 15.4 Å². The fraction of sp³-hybridized carbons (Fsp3) is 0.0769. The van der Waals surface area contributed by atoms with E-state index in [1.54, 1.807) is 36.4 Å². The Morgan fingerprint density at radius 3 is 2.72 bits per heavy atom. The van der Waals surface area contributed by atoms with E-state index >= 15 is 0 Å². The lowest BCUT2D eigenvalue weighted by molar-refractivity contribution is -0.122. The van der Waals surface area contributed by atoms with Gasteiger partial charge in [-0.1, -0.05) is 40.2 Å². The van der Waals surface area contributed by atoms with Gasteiger partial charge in [0.25, 0.3) is 11.8 Å². The molecule has 0 bridgehead atoms. The van der Waals surface area contributed by atoms with Crippen LogP contribution in [0.5, 0.6) is 0 Å². The number of nitrogens with zero attached hydrogens (tertiary/aromatic N) is 2. The number of rotatable bonds is 5. The minimum Gasteiger partial charge on any atom is -0.463 e. The molecule has 1 N–H and O–H groups in total. The van der Waals surface area contributed by atoms with Crippen molar-refractivity contribution in [2.24, 2.45) is 0 Å². The molecule has 36 heavy (non-hydrogen) atoms. The zero-order valence-corrected chi connectivity index (χ0v) is 21.3. The van der Waals surface area contributed by atoms with Gasteiger partial charge in [0, 0.05) is 27.1 Å². The van der Waals surface area contributed by atoms with E-state index in [1.165, 1.54) is 12.0 Å². The topological polar surface area (TPSA) is 93.8 Å². The van der Waals surface area contributed by atoms with E-state index in [2.05, 4.69) is 21.2 Å². The van der Waals surface area contributed by atoms with Crippen LogP contribution in [0, 0.1) is 0 Å². The third kappa shape index (κ3) is 4.36. The number of benzene rings is 2. The van der Waals surface area contributed by atoms with Gasteiger partial charge in [-0.25, -0.2) is 4.79 Å². The van der Waals surface area contributed by atoms with Crippen LogP contribution in [-0.4, -0.2) is 34.6 Å². The Morgan fingerprint density at radius 2 is 1.94 bits per heavy atom.